The highest BCUT2D eigenvalue weighted by Crippen LogP contribution is 2.35. The number of amides is 2. The van der Waals surface area contributed by atoms with Crippen molar-refractivity contribution in [2.24, 2.45) is 5.41 Å². The Bertz CT molecular complexity index is 910. The van der Waals surface area contributed by atoms with Gasteiger partial charge >= 0.3 is 0 Å². The molecule has 0 atom stereocenters. The van der Waals surface area contributed by atoms with E-state index in [1.807, 2.05) is 0 Å². The summed E-state index contributed by atoms with van der Waals surface area (Å²) in [4.78, 5) is 25.6. The van der Waals surface area contributed by atoms with Crippen LogP contribution in [0.1, 0.15) is 13.8 Å². The molecule has 0 fully saturated rings. The predicted octanol–water partition coefficient (Wildman–Crippen LogP) is 3.04. The fourth-order valence-corrected chi connectivity index (χ4v) is 2.56. The minimum absolute atomic E-state index is 0.142. The van der Waals surface area contributed by atoms with Gasteiger partial charge in [0, 0.05) is 17.8 Å². The number of benzene rings is 2. The van der Waals surface area contributed by atoms with Crippen molar-refractivity contribution in [3.05, 3.63) is 36.4 Å². The van der Waals surface area contributed by atoms with E-state index >= 15 is 0 Å². The van der Waals surface area contributed by atoms with Crippen molar-refractivity contribution < 1.29 is 28.5 Å². The van der Waals surface area contributed by atoms with Crippen molar-refractivity contribution in [3.63, 3.8) is 0 Å². The van der Waals surface area contributed by atoms with Gasteiger partial charge in [0.25, 0.3) is 0 Å². The van der Waals surface area contributed by atoms with Crippen LogP contribution in [0.2, 0.25) is 0 Å². The minimum atomic E-state index is -1.36. The van der Waals surface area contributed by atoms with Gasteiger partial charge < -0.3 is 29.6 Å². The summed E-state index contributed by atoms with van der Waals surface area (Å²) >= 11 is 0. The van der Waals surface area contributed by atoms with Crippen molar-refractivity contribution in [1.29, 1.82) is 0 Å². The number of carbonyl (C=O) groups excluding carboxylic acids is 2. The van der Waals surface area contributed by atoms with Gasteiger partial charge in [-0.25, -0.2) is 0 Å². The molecular formula is C20H22N2O6. The predicted molar refractivity (Wildman–Crippen MR) is 103 cm³/mol. The lowest BCUT2D eigenvalue weighted by atomic mass is 9.90. The Labute approximate surface area is 162 Å². The molecule has 1 heterocycles. The number of methoxy groups -OCH3 is 2. The van der Waals surface area contributed by atoms with Crippen LogP contribution >= 0.6 is 0 Å². The maximum atomic E-state index is 12.8. The number of anilines is 2. The zero-order chi connectivity index (χ0) is 20.3. The van der Waals surface area contributed by atoms with Crippen molar-refractivity contribution in [1.82, 2.24) is 0 Å². The molecular weight excluding hydrogens is 364 g/mol. The van der Waals surface area contributed by atoms with E-state index in [1.165, 1.54) is 28.1 Å². The van der Waals surface area contributed by atoms with E-state index in [0.29, 0.717) is 34.4 Å². The van der Waals surface area contributed by atoms with Crippen molar-refractivity contribution >= 4 is 23.2 Å². The smallest absolute Gasteiger partial charge is 0.239 e. The third-order valence-corrected chi connectivity index (χ3v) is 4.42. The maximum absolute atomic E-state index is 12.8. The summed E-state index contributed by atoms with van der Waals surface area (Å²) in [5, 5.41) is 5.47. The molecule has 1 aliphatic rings. The first-order chi connectivity index (χ1) is 13.3. The number of hydrogen-bond acceptors (Lipinski definition) is 6. The third kappa shape index (κ3) is 3.80. The molecule has 0 saturated carbocycles. The van der Waals surface area contributed by atoms with Gasteiger partial charge in [-0.2, -0.15) is 0 Å². The SMILES string of the molecule is COc1ccc(OC)c(NC(=O)C(C)(C)C(=O)Nc2ccc3c(c2)OCO3)c1. The minimum Gasteiger partial charge on any atom is -0.497 e. The fraction of sp³-hybridized carbons (Fsp3) is 0.300. The van der Waals surface area contributed by atoms with E-state index in [9.17, 15) is 9.59 Å². The molecule has 0 aliphatic carbocycles. The lowest BCUT2D eigenvalue weighted by Crippen LogP contribution is -2.41. The maximum Gasteiger partial charge on any atom is 0.239 e. The Morgan fingerprint density at radius 3 is 2.36 bits per heavy atom. The molecule has 148 valence electrons. The number of ether oxygens (including phenoxy) is 4. The molecule has 2 aromatic rings. The van der Waals surface area contributed by atoms with Gasteiger partial charge in [-0.15, -0.1) is 0 Å². The summed E-state index contributed by atoms with van der Waals surface area (Å²) in [5.41, 5.74) is -0.435. The van der Waals surface area contributed by atoms with Gasteiger partial charge in [0.2, 0.25) is 18.6 Å². The molecule has 8 nitrogen and oxygen atoms in total. The van der Waals surface area contributed by atoms with E-state index in [2.05, 4.69) is 10.6 Å². The standard InChI is InChI=1S/C20H22N2O6/c1-20(2,18(23)21-12-5-7-16-17(9-12)28-11-27-16)19(24)22-14-10-13(25-3)6-8-15(14)26-4/h5-10H,11H2,1-4H3,(H,21,23)(H,22,24). The summed E-state index contributed by atoms with van der Waals surface area (Å²) in [7, 11) is 3.02. The van der Waals surface area contributed by atoms with Crippen LogP contribution in [0, 0.1) is 5.41 Å². The Kier molecular flexibility index (Phi) is 5.30. The summed E-state index contributed by atoms with van der Waals surface area (Å²) in [5.74, 6) is 1.21. The summed E-state index contributed by atoms with van der Waals surface area (Å²) in [6.07, 6.45) is 0. The van der Waals surface area contributed by atoms with Crippen molar-refractivity contribution in [3.8, 4) is 23.0 Å². The molecule has 0 saturated heterocycles. The number of carbonyl (C=O) groups is 2. The monoisotopic (exact) mass is 386 g/mol. The summed E-state index contributed by atoms with van der Waals surface area (Å²) < 4.78 is 21.0. The first-order valence-electron chi connectivity index (χ1n) is 8.59. The van der Waals surface area contributed by atoms with E-state index in [1.54, 1.807) is 36.4 Å². The molecule has 0 radical (unpaired) electrons. The van der Waals surface area contributed by atoms with E-state index in [-0.39, 0.29) is 6.79 Å². The average Bonchev–Trinajstić information content (AvgIpc) is 3.15. The van der Waals surface area contributed by atoms with Gasteiger partial charge in [-0.05, 0) is 38.1 Å². The lowest BCUT2D eigenvalue weighted by molar-refractivity contribution is -0.135. The molecule has 2 N–H and O–H groups in total. The summed E-state index contributed by atoms with van der Waals surface area (Å²) in [6.45, 7) is 3.22. The number of hydrogen-bond donors (Lipinski definition) is 2. The zero-order valence-corrected chi connectivity index (χ0v) is 16.1. The molecule has 2 aromatic carbocycles. The Hall–Kier alpha value is -3.42. The molecule has 1 aliphatic heterocycles. The van der Waals surface area contributed by atoms with Crippen molar-refractivity contribution in [2.45, 2.75) is 13.8 Å². The van der Waals surface area contributed by atoms with E-state index in [4.69, 9.17) is 18.9 Å². The first kappa shape index (κ1) is 19.3. The largest absolute Gasteiger partial charge is 0.497 e. The van der Waals surface area contributed by atoms with Gasteiger partial charge in [0.1, 0.15) is 16.9 Å². The van der Waals surface area contributed by atoms with Crippen LogP contribution in [0.3, 0.4) is 0 Å². The Morgan fingerprint density at radius 1 is 0.929 bits per heavy atom. The Balaban J connectivity index is 1.74. The molecule has 0 aromatic heterocycles. The second-order valence-corrected chi connectivity index (χ2v) is 6.67. The van der Waals surface area contributed by atoms with Gasteiger partial charge in [0.05, 0.1) is 19.9 Å². The Morgan fingerprint density at radius 2 is 1.64 bits per heavy atom. The molecule has 8 heteroatoms. The quantitative estimate of drug-likeness (QED) is 0.741. The average molecular weight is 386 g/mol. The van der Waals surface area contributed by atoms with Crippen LogP contribution in [0.4, 0.5) is 11.4 Å². The molecule has 0 unspecified atom stereocenters. The zero-order valence-electron chi connectivity index (χ0n) is 16.1. The number of fused-ring (bicyclic) bond motifs is 1. The first-order valence-corrected chi connectivity index (χ1v) is 8.59. The second-order valence-electron chi connectivity index (χ2n) is 6.67. The van der Waals surface area contributed by atoms with Crippen molar-refractivity contribution in [2.75, 3.05) is 31.6 Å². The number of rotatable bonds is 6. The van der Waals surface area contributed by atoms with Gasteiger partial charge in [-0.1, -0.05) is 0 Å². The highest BCUT2D eigenvalue weighted by molar-refractivity contribution is 6.14. The molecule has 0 spiro atoms. The van der Waals surface area contributed by atoms with Gasteiger partial charge in [0.15, 0.2) is 11.5 Å². The molecule has 2 amide bonds. The van der Waals surface area contributed by atoms with Crippen LogP contribution in [0.25, 0.3) is 0 Å². The highest BCUT2D eigenvalue weighted by atomic mass is 16.7. The summed E-state index contributed by atoms with van der Waals surface area (Å²) in [6, 6.07) is 10.1. The fourth-order valence-electron chi connectivity index (χ4n) is 2.56. The third-order valence-electron chi connectivity index (χ3n) is 4.42. The highest BCUT2D eigenvalue weighted by Gasteiger charge is 2.37. The molecule has 28 heavy (non-hydrogen) atoms. The number of nitrogens with one attached hydrogen (secondary N) is 2. The van der Waals surface area contributed by atoms with Crippen LogP contribution < -0.4 is 29.6 Å². The van der Waals surface area contributed by atoms with Crippen LogP contribution in [-0.4, -0.2) is 32.8 Å². The van der Waals surface area contributed by atoms with E-state index < -0.39 is 17.2 Å². The van der Waals surface area contributed by atoms with Crippen LogP contribution in [0.15, 0.2) is 36.4 Å². The molecule has 3 rings (SSSR count). The van der Waals surface area contributed by atoms with Gasteiger partial charge in [-0.3, -0.25) is 9.59 Å². The van der Waals surface area contributed by atoms with Crippen LogP contribution in [0.5, 0.6) is 23.0 Å². The van der Waals surface area contributed by atoms with Crippen LogP contribution in [-0.2, 0) is 9.59 Å². The molecule has 0 bridgehead atoms. The normalized spacial score (nSPS) is 12.3. The second kappa shape index (κ2) is 7.67. The lowest BCUT2D eigenvalue weighted by Gasteiger charge is -2.23. The topological polar surface area (TPSA) is 95.1 Å². The van der Waals surface area contributed by atoms with E-state index in [0.717, 1.165) is 0 Å².